The number of aryl methyl sites for hydroxylation is 3. The van der Waals surface area contributed by atoms with Gasteiger partial charge in [0.05, 0.1) is 0 Å². The average Bonchev–Trinajstić information content (AvgIpc) is 2.44. The van der Waals surface area contributed by atoms with E-state index in [4.69, 9.17) is 0 Å². The van der Waals surface area contributed by atoms with Gasteiger partial charge in [-0.25, -0.2) is 0 Å². The number of rotatable bonds is 2. The van der Waals surface area contributed by atoms with Crippen molar-refractivity contribution < 1.29 is 0 Å². The van der Waals surface area contributed by atoms with Crippen LogP contribution in [0.3, 0.4) is 0 Å². The first-order valence-corrected chi connectivity index (χ1v) is 8.62. The second kappa shape index (κ2) is 6.10. The molecule has 116 valence electrons. The van der Waals surface area contributed by atoms with Gasteiger partial charge < -0.3 is 5.32 Å². The summed E-state index contributed by atoms with van der Waals surface area (Å²) in [5.74, 6) is 0. The molecule has 1 aromatic rings. The lowest BCUT2D eigenvalue weighted by Crippen LogP contribution is -2.60. The maximum Gasteiger partial charge on any atom is 0.0309 e. The monoisotopic (exact) mass is 286 g/mol. The lowest BCUT2D eigenvalue weighted by molar-refractivity contribution is 0.0942. The lowest BCUT2D eigenvalue weighted by Gasteiger charge is -2.46. The molecule has 2 fully saturated rings. The first-order valence-electron chi connectivity index (χ1n) is 8.62. The topological polar surface area (TPSA) is 15.3 Å². The SMILES string of the molecule is Cc1cc(C)c(CN2CCNC3(CCCCC3)C2)c(C)c1. The van der Waals surface area contributed by atoms with Gasteiger partial charge in [-0.05, 0) is 50.3 Å². The summed E-state index contributed by atoms with van der Waals surface area (Å²) >= 11 is 0. The molecule has 0 bridgehead atoms. The van der Waals surface area contributed by atoms with Crippen molar-refractivity contribution >= 4 is 0 Å². The average molecular weight is 286 g/mol. The van der Waals surface area contributed by atoms with E-state index < -0.39 is 0 Å². The third-order valence-corrected chi connectivity index (χ3v) is 5.49. The van der Waals surface area contributed by atoms with E-state index in [9.17, 15) is 0 Å². The van der Waals surface area contributed by atoms with Crippen molar-refractivity contribution in [2.75, 3.05) is 19.6 Å². The highest BCUT2D eigenvalue weighted by atomic mass is 15.2. The standard InChI is InChI=1S/C19H30N2/c1-15-11-16(2)18(17(3)12-15)13-21-10-9-20-19(14-21)7-5-4-6-8-19/h11-12,20H,4-10,13-14H2,1-3H3. The van der Waals surface area contributed by atoms with Gasteiger partial charge in [0.25, 0.3) is 0 Å². The number of benzene rings is 1. The maximum absolute atomic E-state index is 3.85. The highest BCUT2D eigenvalue weighted by molar-refractivity contribution is 5.37. The highest BCUT2D eigenvalue weighted by Gasteiger charge is 2.36. The molecule has 3 rings (SSSR count). The second-order valence-electron chi connectivity index (χ2n) is 7.36. The van der Waals surface area contributed by atoms with Crippen LogP contribution in [0, 0.1) is 20.8 Å². The van der Waals surface area contributed by atoms with E-state index in [2.05, 4.69) is 43.1 Å². The van der Waals surface area contributed by atoms with Crippen molar-refractivity contribution in [1.29, 1.82) is 0 Å². The third kappa shape index (κ3) is 3.32. The van der Waals surface area contributed by atoms with E-state index in [0.717, 1.165) is 13.1 Å². The molecule has 2 nitrogen and oxygen atoms in total. The third-order valence-electron chi connectivity index (χ3n) is 5.49. The van der Waals surface area contributed by atoms with Gasteiger partial charge in [-0.1, -0.05) is 37.0 Å². The van der Waals surface area contributed by atoms with Gasteiger partial charge in [0.1, 0.15) is 0 Å². The van der Waals surface area contributed by atoms with Crippen molar-refractivity contribution in [3.8, 4) is 0 Å². The molecular formula is C19H30N2. The van der Waals surface area contributed by atoms with Gasteiger partial charge in [0.15, 0.2) is 0 Å². The van der Waals surface area contributed by atoms with Crippen LogP contribution in [0.5, 0.6) is 0 Å². The van der Waals surface area contributed by atoms with Crippen molar-refractivity contribution in [2.24, 2.45) is 0 Å². The van der Waals surface area contributed by atoms with E-state index >= 15 is 0 Å². The fourth-order valence-electron chi connectivity index (χ4n) is 4.42. The molecule has 0 radical (unpaired) electrons. The van der Waals surface area contributed by atoms with Crippen LogP contribution in [0.1, 0.15) is 54.4 Å². The minimum absolute atomic E-state index is 0.420. The Morgan fingerprint density at radius 1 is 1.05 bits per heavy atom. The molecule has 1 N–H and O–H groups in total. The van der Waals surface area contributed by atoms with Crippen LogP contribution in [0.25, 0.3) is 0 Å². The van der Waals surface area contributed by atoms with Gasteiger partial charge >= 0.3 is 0 Å². The van der Waals surface area contributed by atoms with Gasteiger partial charge in [0.2, 0.25) is 0 Å². The summed E-state index contributed by atoms with van der Waals surface area (Å²) in [4.78, 5) is 2.69. The van der Waals surface area contributed by atoms with Crippen molar-refractivity contribution in [2.45, 2.75) is 65.0 Å². The normalized spacial score (nSPS) is 22.6. The first-order chi connectivity index (χ1) is 10.1. The Labute approximate surface area is 129 Å². The summed E-state index contributed by atoms with van der Waals surface area (Å²) < 4.78 is 0. The van der Waals surface area contributed by atoms with Crippen LogP contribution >= 0.6 is 0 Å². The van der Waals surface area contributed by atoms with Crippen LogP contribution < -0.4 is 5.32 Å². The molecular weight excluding hydrogens is 256 g/mol. The Hall–Kier alpha value is -0.860. The summed E-state index contributed by atoms with van der Waals surface area (Å²) in [7, 11) is 0. The summed E-state index contributed by atoms with van der Waals surface area (Å²) in [6.07, 6.45) is 6.98. The van der Waals surface area contributed by atoms with Gasteiger partial charge in [-0.3, -0.25) is 4.90 Å². The van der Waals surface area contributed by atoms with E-state index in [1.807, 2.05) is 0 Å². The van der Waals surface area contributed by atoms with Crippen LogP contribution in [-0.4, -0.2) is 30.1 Å². The number of nitrogens with one attached hydrogen (secondary N) is 1. The molecule has 2 aliphatic rings. The van der Waals surface area contributed by atoms with Gasteiger partial charge in [0, 0.05) is 31.7 Å². The van der Waals surface area contributed by atoms with E-state index in [1.54, 1.807) is 5.56 Å². The molecule has 1 aromatic carbocycles. The summed E-state index contributed by atoms with van der Waals surface area (Å²) in [5, 5.41) is 3.85. The molecule has 1 heterocycles. The summed E-state index contributed by atoms with van der Waals surface area (Å²) in [6, 6.07) is 4.67. The van der Waals surface area contributed by atoms with Crippen LogP contribution in [-0.2, 0) is 6.54 Å². The fourth-order valence-corrected chi connectivity index (χ4v) is 4.42. The van der Waals surface area contributed by atoms with Crippen LogP contribution in [0.2, 0.25) is 0 Å². The molecule has 1 aliphatic carbocycles. The Bertz CT molecular complexity index is 472. The van der Waals surface area contributed by atoms with Gasteiger partial charge in [-0.2, -0.15) is 0 Å². The Kier molecular flexibility index (Phi) is 4.37. The van der Waals surface area contributed by atoms with Gasteiger partial charge in [-0.15, -0.1) is 0 Å². The smallest absolute Gasteiger partial charge is 0.0309 e. The number of hydrogen-bond acceptors (Lipinski definition) is 2. The zero-order valence-electron chi connectivity index (χ0n) is 14.0. The van der Waals surface area contributed by atoms with Crippen LogP contribution in [0.15, 0.2) is 12.1 Å². The van der Waals surface area contributed by atoms with Crippen molar-refractivity contribution in [1.82, 2.24) is 10.2 Å². The molecule has 1 saturated heterocycles. The predicted molar refractivity (Wildman–Crippen MR) is 89.7 cm³/mol. The predicted octanol–water partition coefficient (Wildman–Crippen LogP) is 3.72. The second-order valence-corrected chi connectivity index (χ2v) is 7.36. The van der Waals surface area contributed by atoms with E-state index in [1.165, 1.54) is 61.9 Å². The molecule has 1 aliphatic heterocycles. The zero-order valence-corrected chi connectivity index (χ0v) is 14.0. The lowest BCUT2D eigenvalue weighted by atomic mass is 9.80. The highest BCUT2D eigenvalue weighted by Crippen LogP contribution is 2.31. The van der Waals surface area contributed by atoms with E-state index in [0.29, 0.717) is 5.54 Å². The molecule has 0 unspecified atom stereocenters. The fraction of sp³-hybridized carbons (Fsp3) is 0.684. The molecule has 1 saturated carbocycles. The molecule has 1 spiro atoms. The number of piperazine rings is 1. The number of hydrogen-bond donors (Lipinski definition) is 1. The Balaban J connectivity index is 1.73. The zero-order chi connectivity index (χ0) is 14.9. The Morgan fingerprint density at radius 2 is 1.71 bits per heavy atom. The Morgan fingerprint density at radius 3 is 2.38 bits per heavy atom. The molecule has 0 atom stereocenters. The van der Waals surface area contributed by atoms with Crippen LogP contribution in [0.4, 0.5) is 0 Å². The number of nitrogens with zero attached hydrogens (tertiary/aromatic N) is 1. The molecule has 0 aromatic heterocycles. The minimum Gasteiger partial charge on any atom is -0.309 e. The van der Waals surface area contributed by atoms with Crippen molar-refractivity contribution in [3.63, 3.8) is 0 Å². The largest absolute Gasteiger partial charge is 0.309 e. The quantitative estimate of drug-likeness (QED) is 0.891. The molecule has 0 amide bonds. The van der Waals surface area contributed by atoms with E-state index in [-0.39, 0.29) is 0 Å². The molecule has 21 heavy (non-hydrogen) atoms. The first kappa shape index (κ1) is 15.1. The summed E-state index contributed by atoms with van der Waals surface area (Å²) in [6.45, 7) is 11.5. The molecule has 2 heteroatoms. The maximum atomic E-state index is 3.85. The summed E-state index contributed by atoms with van der Waals surface area (Å²) in [5.41, 5.74) is 6.28. The minimum atomic E-state index is 0.420. The van der Waals surface area contributed by atoms with Crippen molar-refractivity contribution in [3.05, 3.63) is 34.4 Å².